The molecule has 1 aliphatic rings. The van der Waals surface area contributed by atoms with E-state index < -0.39 is 5.92 Å². The van der Waals surface area contributed by atoms with Gasteiger partial charge in [0.15, 0.2) is 0 Å². The van der Waals surface area contributed by atoms with Crippen LogP contribution in [0.5, 0.6) is 0 Å². The van der Waals surface area contributed by atoms with Gasteiger partial charge in [0.2, 0.25) is 11.8 Å². The Morgan fingerprint density at radius 3 is 2.47 bits per heavy atom. The van der Waals surface area contributed by atoms with E-state index in [2.05, 4.69) is 5.32 Å². The van der Waals surface area contributed by atoms with Crippen LogP contribution in [-0.2, 0) is 9.59 Å². The Hall–Kier alpha value is -1.57. The first-order chi connectivity index (χ1) is 7.95. The molecule has 5 heteroatoms. The van der Waals surface area contributed by atoms with Crippen LogP contribution in [0.15, 0.2) is 0 Å². The molecule has 0 aromatic heterocycles. The van der Waals surface area contributed by atoms with Gasteiger partial charge in [-0.2, -0.15) is 5.26 Å². The van der Waals surface area contributed by atoms with Gasteiger partial charge < -0.3 is 10.2 Å². The van der Waals surface area contributed by atoms with Crippen molar-refractivity contribution in [3.63, 3.8) is 0 Å². The smallest absolute Gasteiger partial charge is 0.240 e. The Bertz CT molecular complexity index is 342. The topological polar surface area (TPSA) is 73.2 Å². The summed E-state index contributed by atoms with van der Waals surface area (Å²) in [6.45, 7) is 3.67. The highest BCUT2D eigenvalue weighted by molar-refractivity contribution is 5.87. The molecular weight excluding hydrogens is 218 g/mol. The van der Waals surface area contributed by atoms with Crippen molar-refractivity contribution in [2.45, 2.75) is 32.7 Å². The number of likely N-dealkylation sites (N-methyl/N-ethyl adjacent to an activating group) is 1. The fourth-order valence-corrected chi connectivity index (χ4v) is 1.52. The first-order valence-corrected chi connectivity index (χ1v) is 5.89. The lowest BCUT2D eigenvalue weighted by Crippen LogP contribution is -2.42. The van der Waals surface area contributed by atoms with Crippen LogP contribution in [-0.4, -0.2) is 36.3 Å². The van der Waals surface area contributed by atoms with Crippen molar-refractivity contribution < 1.29 is 9.59 Å². The number of hydrogen-bond acceptors (Lipinski definition) is 3. The molecule has 17 heavy (non-hydrogen) atoms. The van der Waals surface area contributed by atoms with Gasteiger partial charge in [-0.15, -0.1) is 0 Å². The van der Waals surface area contributed by atoms with Crippen molar-refractivity contribution in [2.24, 2.45) is 11.8 Å². The Morgan fingerprint density at radius 2 is 2.06 bits per heavy atom. The quantitative estimate of drug-likeness (QED) is 0.757. The van der Waals surface area contributed by atoms with E-state index in [0.717, 1.165) is 12.8 Å². The summed E-state index contributed by atoms with van der Waals surface area (Å²) in [6, 6.07) is 2.28. The van der Waals surface area contributed by atoms with E-state index in [1.165, 1.54) is 4.90 Å². The molecule has 0 heterocycles. The van der Waals surface area contributed by atoms with Gasteiger partial charge in [-0.3, -0.25) is 9.59 Å². The first kappa shape index (κ1) is 13.5. The zero-order valence-corrected chi connectivity index (χ0v) is 10.6. The van der Waals surface area contributed by atoms with E-state index >= 15 is 0 Å². The zero-order chi connectivity index (χ0) is 13.0. The summed E-state index contributed by atoms with van der Waals surface area (Å²) < 4.78 is 0. The molecule has 1 fully saturated rings. The second-order valence-electron chi connectivity index (χ2n) is 4.89. The summed E-state index contributed by atoms with van der Waals surface area (Å²) in [6.07, 6.45) is 2.05. The molecular formula is C12H19N3O2. The molecule has 0 aromatic carbocycles. The molecule has 0 aromatic rings. The van der Waals surface area contributed by atoms with Crippen LogP contribution in [0.25, 0.3) is 0 Å². The average Bonchev–Trinajstić information content (AvgIpc) is 3.01. The maximum absolute atomic E-state index is 11.9. The van der Waals surface area contributed by atoms with Crippen molar-refractivity contribution >= 4 is 11.8 Å². The van der Waals surface area contributed by atoms with Crippen molar-refractivity contribution in [1.29, 1.82) is 5.26 Å². The van der Waals surface area contributed by atoms with Gasteiger partial charge in [0.05, 0.1) is 12.6 Å². The number of nitrogens with one attached hydrogen (secondary N) is 1. The number of rotatable bonds is 5. The maximum Gasteiger partial charge on any atom is 0.240 e. The minimum atomic E-state index is -0.672. The molecule has 1 N–H and O–H groups in total. The first-order valence-electron chi connectivity index (χ1n) is 5.89. The third kappa shape index (κ3) is 4.06. The molecule has 1 saturated carbocycles. The summed E-state index contributed by atoms with van der Waals surface area (Å²) in [7, 11) is 1.56. The number of nitrogens with zero attached hydrogens (tertiary/aromatic N) is 2. The van der Waals surface area contributed by atoms with Crippen molar-refractivity contribution in [1.82, 2.24) is 10.2 Å². The molecule has 1 rings (SSSR count). The van der Waals surface area contributed by atoms with Gasteiger partial charge in [0.25, 0.3) is 0 Å². The van der Waals surface area contributed by atoms with Gasteiger partial charge in [0.1, 0.15) is 5.92 Å². The Kier molecular flexibility index (Phi) is 4.50. The van der Waals surface area contributed by atoms with E-state index in [9.17, 15) is 9.59 Å². The lowest BCUT2D eigenvalue weighted by atomic mass is 9.96. The predicted molar refractivity (Wildman–Crippen MR) is 62.7 cm³/mol. The standard InChI is InChI=1S/C12H19N3O2/c1-8(2)10(6-13)12(17)15(3)7-11(16)14-9-4-5-9/h8-10H,4-5,7H2,1-3H3,(H,14,16). The normalized spacial score (nSPS) is 16.2. The number of hydrogen-bond donors (Lipinski definition) is 1. The lowest BCUT2D eigenvalue weighted by molar-refractivity contribution is -0.137. The average molecular weight is 237 g/mol. The second kappa shape index (κ2) is 5.67. The summed E-state index contributed by atoms with van der Waals surface area (Å²) in [4.78, 5) is 24.7. The van der Waals surface area contributed by atoms with Crippen molar-refractivity contribution in [2.75, 3.05) is 13.6 Å². The van der Waals surface area contributed by atoms with Crippen LogP contribution in [0.2, 0.25) is 0 Å². The molecule has 1 unspecified atom stereocenters. The molecule has 94 valence electrons. The second-order valence-corrected chi connectivity index (χ2v) is 4.89. The third-order valence-electron chi connectivity index (χ3n) is 2.77. The van der Waals surface area contributed by atoms with Crippen LogP contribution < -0.4 is 5.32 Å². The van der Waals surface area contributed by atoms with E-state index in [1.807, 2.05) is 19.9 Å². The molecule has 1 atom stereocenters. The lowest BCUT2D eigenvalue weighted by Gasteiger charge is -2.21. The highest BCUT2D eigenvalue weighted by Gasteiger charge is 2.28. The molecule has 0 bridgehead atoms. The van der Waals surface area contributed by atoms with E-state index in [1.54, 1.807) is 7.05 Å². The third-order valence-corrected chi connectivity index (χ3v) is 2.77. The molecule has 0 saturated heterocycles. The van der Waals surface area contributed by atoms with Gasteiger partial charge in [-0.25, -0.2) is 0 Å². The van der Waals surface area contributed by atoms with Gasteiger partial charge >= 0.3 is 0 Å². The fourth-order valence-electron chi connectivity index (χ4n) is 1.52. The maximum atomic E-state index is 11.9. The van der Waals surface area contributed by atoms with Crippen LogP contribution in [0, 0.1) is 23.2 Å². The molecule has 5 nitrogen and oxygen atoms in total. The summed E-state index contributed by atoms with van der Waals surface area (Å²) >= 11 is 0. The Balaban J connectivity index is 2.44. The van der Waals surface area contributed by atoms with Crippen LogP contribution >= 0.6 is 0 Å². The minimum Gasteiger partial charge on any atom is -0.352 e. The fraction of sp³-hybridized carbons (Fsp3) is 0.750. The summed E-state index contributed by atoms with van der Waals surface area (Å²) in [5.41, 5.74) is 0. The number of carbonyl (C=O) groups is 2. The van der Waals surface area contributed by atoms with Gasteiger partial charge in [0, 0.05) is 13.1 Å². The summed E-state index contributed by atoms with van der Waals surface area (Å²) in [5.74, 6) is -1.15. The molecule has 0 aliphatic heterocycles. The molecule has 2 amide bonds. The molecule has 0 spiro atoms. The van der Waals surface area contributed by atoms with E-state index in [0.29, 0.717) is 6.04 Å². The Labute approximate surface area is 102 Å². The van der Waals surface area contributed by atoms with E-state index in [-0.39, 0.29) is 24.3 Å². The van der Waals surface area contributed by atoms with Gasteiger partial charge in [-0.1, -0.05) is 13.8 Å². The SMILES string of the molecule is CC(C)C(C#N)C(=O)N(C)CC(=O)NC1CC1. The predicted octanol–water partition coefficient (Wildman–Crippen LogP) is 0.519. The number of carbonyl (C=O) groups excluding carboxylic acids is 2. The van der Waals surface area contributed by atoms with Crippen molar-refractivity contribution in [3.8, 4) is 6.07 Å². The largest absolute Gasteiger partial charge is 0.352 e. The van der Waals surface area contributed by atoms with Crippen LogP contribution in [0.3, 0.4) is 0 Å². The highest BCUT2D eigenvalue weighted by Crippen LogP contribution is 2.18. The van der Waals surface area contributed by atoms with Crippen molar-refractivity contribution in [3.05, 3.63) is 0 Å². The number of amides is 2. The monoisotopic (exact) mass is 237 g/mol. The minimum absolute atomic E-state index is 0.0280. The van der Waals surface area contributed by atoms with Gasteiger partial charge in [-0.05, 0) is 18.8 Å². The zero-order valence-electron chi connectivity index (χ0n) is 10.6. The Morgan fingerprint density at radius 1 is 1.47 bits per heavy atom. The van der Waals surface area contributed by atoms with Crippen LogP contribution in [0.4, 0.5) is 0 Å². The van der Waals surface area contributed by atoms with E-state index in [4.69, 9.17) is 5.26 Å². The summed E-state index contributed by atoms with van der Waals surface area (Å²) in [5, 5.41) is 11.7. The highest BCUT2D eigenvalue weighted by atomic mass is 16.2. The molecule has 1 aliphatic carbocycles. The molecule has 0 radical (unpaired) electrons. The number of nitriles is 1. The van der Waals surface area contributed by atoms with Crippen LogP contribution in [0.1, 0.15) is 26.7 Å².